The first kappa shape index (κ1) is 12.0. The minimum Gasteiger partial charge on any atom is -0.254 e. The molecular formula is C10H22BF. The average molecular weight is 172 g/mol. The third-order valence-corrected chi connectivity index (χ3v) is 2.65. The molecule has 0 aliphatic rings. The molecule has 1 unspecified atom stereocenters. The van der Waals surface area contributed by atoms with E-state index in [-0.39, 0.29) is 5.92 Å². The predicted molar refractivity (Wildman–Crippen MR) is 55.9 cm³/mol. The van der Waals surface area contributed by atoms with E-state index in [1.807, 2.05) is 13.8 Å². The highest BCUT2D eigenvalue weighted by molar-refractivity contribution is 6.14. The van der Waals surface area contributed by atoms with Crippen LogP contribution in [0.2, 0.25) is 0 Å². The lowest BCUT2D eigenvalue weighted by atomic mass is 9.71. The van der Waals surface area contributed by atoms with Gasteiger partial charge < -0.3 is 0 Å². The van der Waals surface area contributed by atoms with Crippen LogP contribution in [0, 0.1) is 11.8 Å². The fourth-order valence-corrected chi connectivity index (χ4v) is 1.14. The Labute approximate surface area is 77.3 Å². The van der Waals surface area contributed by atoms with Gasteiger partial charge >= 0.3 is 0 Å². The van der Waals surface area contributed by atoms with E-state index in [9.17, 15) is 4.39 Å². The number of halogens is 1. The van der Waals surface area contributed by atoms with Crippen molar-refractivity contribution in [2.24, 2.45) is 11.8 Å². The largest absolute Gasteiger partial charge is 0.254 e. The van der Waals surface area contributed by atoms with E-state index in [1.54, 1.807) is 7.85 Å². The van der Waals surface area contributed by atoms with Gasteiger partial charge in [0.15, 0.2) is 7.85 Å². The molecule has 0 rings (SSSR count). The molecule has 0 fully saturated rings. The Morgan fingerprint density at radius 2 is 1.75 bits per heavy atom. The van der Waals surface area contributed by atoms with Gasteiger partial charge in [-0.15, -0.1) is 0 Å². The highest BCUT2D eigenvalue weighted by Gasteiger charge is 2.26. The molecule has 0 N–H and O–H groups in total. The van der Waals surface area contributed by atoms with E-state index in [4.69, 9.17) is 0 Å². The molecule has 2 heteroatoms. The van der Waals surface area contributed by atoms with Crippen molar-refractivity contribution in [3.63, 3.8) is 0 Å². The summed E-state index contributed by atoms with van der Waals surface area (Å²) in [6, 6.07) is 0. The lowest BCUT2D eigenvalue weighted by molar-refractivity contribution is 0.181. The number of alkyl halides is 1. The number of hydrogen-bond acceptors (Lipinski definition) is 0. The van der Waals surface area contributed by atoms with Gasteiger partial charge in [-0.05, 0) is 18.3 Å². The van der Waals surface area contributed by atoms with Crippen LogP contribution in [-0.4, -0.2) is 13.4 Å². The zero-order chi connectivity index (χ0) is 9.78. The van der Waals surface area contributed by atoms with Crippen molar-refractivity contribution in [3.05, 3.63) is 0 Å². The fourth-order valence-electron chi connectivity index (χ4n) is 1.14. The molecule has 0 heterocycles. The highest BCUT2D eigenvalue weighted by atomic mass is 19.1. The molecule has 72 valence electrons. The van der Waals surface area contributed by atoms with Crippen LogP contribution >= 0.6 is 0 Å². The zero-order valence-electron chi connectivity index (χ0n) is 9.15. The van der Waals surface area contributed by atoms with E-state index in [0.717, 1.165) is 12.8 Å². The maximum Gasteiger partial charge on any atom is 0.150 e. The summed E-state index contributed by atoms with van der Waals surface area (Å²) < 4.78 is 13.7. The van der Waals surface area contributed by atoms with E-state index in [1.165, 1.54) is 0 Å². The van der Waals surface area contributed by atoms with Crippen molar-refractivity contribution in [1.82, 2.24) is 0 Å². The van der Waals surface area contributed by atoms with Crippen LogP contribution in [0.4, 0.5) is 4.39 Å². The maximum atomic E-state index is 13.7. The molecular weight excluding hydrogens is 150 g/mol. The minimum absolute atomic E-state index is 0.143. The molecule has 0 aliphatic heterocycles. The van der Waals surface area contributed by atoms with Crippen LogP contribution in [0.25, 0.3) is 0 Å². The van der Waals surface area contributed by atoms with Gasteiger partial charge in [0.2, 0.25) is 0 Å². The van der Waals surface area contributed by atoms with Crippen molar-refractivity contribution in [3.8, 4) is 0 Å². The second-order valence-corrected chi connectivity index (χ2v) is 4.72. The van der Waals surface area contributed by atoms with Crippen molar-refractivity contribution in [2.45, 2.75) is 52.5 Å². The summed E-state index contributed by atoms with van der Waals surface area (Å²) in [5.41, 5.74) is -0.963. The highest BCUT2D eigenvalue weighted by Crippen LogP contribution is 2.25. The molecule has 0 saturated carbocycles. The summed E-state index contributed by atoms with van der Waals surface area (Å²) in [4.78, 5) is 0. The van der Waals surface area contributed by atoms with E-state index in [2.05, 4.69) is 13.8 Å². The summed E-state index contributed by atoms with van der Waals surface area (Å²) in [6.45, 7) is 8.28. The van der Waals surface area contributed by atoms with Crippen LogP contribution in [-0.2, 0) is 0 Å². The van der Waals surface area contributed by atoms with Crippen LogP contribution in [0.15, 0.2) is 0 Å². The molecule has 0 aliphatic carbocycles. The van der Waals surface area contributed by atoms with Gasteiger partial charge in [-0.1, -0.05) is 40.5 Å². The lowest BCUT2D eigenvalue weighted by Crippen LogP contribution is -2.30. The van der Waals surface area contributed by atoms with Gasteiger partial charge in [-0.2, -0.15) is 0 Å². The van der Waals surface area contributed by atoms with Crippen LogP contribution < -0.4 is 0 Å². The first-order chi connectivity index (χ1) is 5.36. The van der Waals surface area contributed by atoms with Gasteiger partial charge in [0.05, 0.1) is 5.57 Å². The Morgan fingerprint density at radius 3 is 2.08 bits per heavy atom. The summed E-state index contributed by atoms with van der Waals surface area (Å²) in [7, 11) is 1.72. The molecule has 1 atom stereocenters. The Bertz CT molecular complexity index is 119. The van der Waals surface area contributed by atoms with Crippen LogP contribution in [0.5, 0.6) is 0 Å². The first-order valence-electron chi connectivity index (χ1n) is 5.05. The summed E-state index contributed by atoms with van der Waals surface area (Å²) in [5, 5.41) is 0. The third-order valence-electron chi connectivity index (χ3n) is 2.65. The Balaban J connectivity index is 3.61. The monoisotopic (exact) mass is 172 g/mol. The molecule has 0 aromatic carbocycles. The second-order valence-electron chi connectivity index (χ2n) is 4.72. The Morgan fingerprint density at radius 1 is 1.25 bits per heavy atom. The first-order valence-corrected chi connectivity index (χ1v) is 5.05. The fraction of sp³-hybridized carbons (Fsp3) is 1.00. The molecule has 0 spiro atoms. The van der Waals surface area contributed by atoms with E-state index in [0.29, 0.717) is 12.3 Å². The minimum atomic E-state index is -0.963. The van der Waals surface area contributed by atoms with Crippen LogP contribution in [0.3, 0.4) is 0 Å². The normalized spacial score (nSPS) is 16.9. The Hall–Kier alpha value is -0.00506. The molecule has 0 amide bonds. The van der Waals surface area contributed by atoms with Crippen molar-refractivity contribution < 1.29 is 4.39 Å². The molecule has 0 radical (unpaired) electrons. The standard InChI is InChI=1S/C10H22BF/c1-8(2)6-5-7-10(11,12)9(3)4/h8-9H,5-7,11H2,1-4H3. The van der Waals surface area contributed by atoms with E-state index < -0.39 is 5.57 Å². The molecule has 0 aromatic heterocycles. The predicted octanol–water partition coefficient (Wildman–Crippen LogP) is 2.77. The Kier molecular flexibility index (Phi) is 4.88. The molecule has 0 bridgehead atoms. The van der Waals surface area contributed by atoms with Gasteiger partial charge in [0.1, 0.15) is 0 Å². The van der Waals surface area contributed by atoms with Crippen molar-refractivity contribution in [1.29, 1.82) is 0 Å². The number of rotatable bonds is 5. The third kappa shape index (κ3) is 4.79. The second kappa shape index (κ2) is 4.88. The zero-order valence-corrected chi connectivity index (χ0v) is 9.15. The molecule has 0 saturated heterocycles. The summed E-state index contributed by atoms with van der Waals surface area (Å²) in [5.74, 6) is 0.845. The van der Waals surface area contributed by atoms with Crippen molar-refractivity contribution in [2.75, 3.05) is 0 Å². The summed E-state index contributed by atoms with van der Waals surface area (Å²) >= 11 is 0. The van der Waals surface area contributed by atoms with Gasteiger partial charge in [0, 0.05) is 0 Å². The number of hydrogen-bond donors (Lipinski definition) is 0. The SMILES string of the molecule is BC(F)(CCCC(C)C)C(C)C. The van der Waals surface area contributed by atoms with E-state index >= 15 is 0 Å². The molecule has 12 heavy (non-hydrogen) atoms. The maximum absolute atomic E-state index is 13.7. The van der Waals surface area contributed by atoms with Crippen molar-refractivity contribution >= 4 is 7.85 Å². The lowest BCUT2D eigenvalue weighted by Gasteiger charge is -2.25. The smallest absolute Gasteiger partial charge is 0.150 e. The van der Waals surface area contributed by atoms with Gasteiger partial charge in [0.25, 0.3) is 0 Å². The molecule has 0 aromatic rings. The van der Waals surface area contributed by atoms with Crippen LogP contribution in [0.1, 0.15) is 47.0 Å². The average Bonchev–Trinajstić information content (AvgIpc) is 1.85. The quantitative estimate of drug-likeness (QED) is 0.559. The molecule has 0 nitrogen and oxygen atoms in total. The van der Waals surface area contributed by atoms with Gasteiger partial charge in [-0.25, -0.2) is 0 Å². The topological polar surface area (TPSA) is 0 Å². The summed E-state index contributed by atoms with van der Waals surface area (Å²) in [6.07, 6.45) is 2.87. The van der Waals surface area contributed by atoms with Gasteiger partial charge in [-0.3, -0.25) is 4.39 Å².